The Morgan fingerprint density at radius 2 is 2.00 bits per heavy atom. The van der Waals surface area contributed by atoms with Gasteiger partial charge in [-0.05, 0) is 25.8 Å². The van der Waals surface area contributed by atoms with E-state index in [1.54, 1.807) is 0 Å². The lowest BCUT2D eigenvalue weighted by Crippen LogP contribution is -2.48. The third kappa shape index (κ3) is 3.63. The first kappa shape index (κ1) is 16.0. The minimum absolute atomic E-state index is 0.0799. The summed E-state index contributed by atoms with van der Waals surface area (Å²) in [6, 6.07) is 6.19. The lowest BCUT2D eigenvalue weighted by atomic mass is 10.1. The third-order valence-corrected chi connectivity index (χ3v) is 3.83. The van der Waals surface area contributed by atoms with Crippen molar-refractivity contribution >= 4 is 17.8 Å². The van der Waals surface area contributed by atoms with Gasteiger partial charge in [-0.3, -0.25) is 14.4 Å². The van der Waals surface area contributed by atoms with Gasteiger partial charge >= 0.3 is 5.97 Å². The number of rotatable bonds is 5. The number of carbonyl (C=O) groups excluding carboxylic acids is 2. The summed E-state index contributed by atoms with van der Waals surface area (Å²) in [5.74, 6) is -1.58. The summed E-state index contributed by atoms with van der Waals surface area (Å²) >= 11 is 0. The molecule has 0 saturated carbocycles. The minimum atomic E-state index is -1.09. The summed E-state index contributed by atoms with van der Waals surface area (Å²) in [6.45, 7) is 3.74. The van der Waals surface area contributed by atoms with Crippen LogP contribution in [-0.4, -0.2) is 39.9 Å². The molecule has 1 aromatic carbocycles. The third-order valence-electron chi connectivity index (χ3n) is 3.83. The van der Waals surface area contributed by atoms with E-state index in [-0.39, 0.29) is 5.91 Å². The van der Waals surface area contributed by atoms with Crippen molar-refractivity contribution in [3.05, 3.63) is 35.4 Å². The Labute approximate surface area is 129 Å². The molecule has 0 radical (unpaired) electrons. The lowest BCUT2D eigenvalue weighted by molar-refractivity contribution is -0.142. The van der Waals surface area contributed by atoms with Crippen LogP contribution in [0.4, 0.5) is 0 Å². The molecule has 2 amide bonds. The number of amides is 2. The van der Waals surface area contributed by atoms with Gasteiger partial charge in [-0.1, -0.05) is 29.8 Å². The second-order valence-corrected chi connectivity index (χ2v) is 5.63. The Hall–Kier alpha value is -2.37. The van der Waals surface area contributed by atoms with Crippen LogP contribution in [0.3, 0.4) is 0 Å². The monoisotopic (exact) mass is 304 g/mol. The molecule has 1 saturated heterocycles. The van der Waals surface area contributed by atoms with Crippen LogP contribution in [-0.2, 0) is 20.9 Å². The van der Waals surface area contributed by atoms with Crippen LogP contribution < -0.4 is 5.32 Å². The van der Waals surface area contributed by atoms with Gasteiger partial charge < -0.3 is 15.3 Å². The van der Waals surface area contributed by atoms with Crippen LogP contribution in [0.5, 0.6) is 0 Å². The Morgan fingerprint density at radius 1 is 1.36 bits per heavy atom. The molecular formula is C16H20N2O4. The van der Waals surface area contributed by atoms with Gasteiger partial charge in [0.05, 0.1) is 0 Å². The van der Waals surface area contributed by atoms with Crippen LogP contribution in [0.25, 0.3) is 0 Å². The van der Waals surface area contributed by atoms with E-state index >= 15 is 0 Å². The summed E-state index contributed by atoms with van der Waals surface area (Å²) in [6.07, 6.45) is 0.730. The molecule has 118 valence electrons. The SMILES string of the molecule is Cc1ccc(CN2C(=O)CCC2C(=O)N[C@@H](C)C(=O)O)cc1. The fourth-order valence-electron chi connectivity index (χ4n) is 2.47. The molecule has 6 nitrogen and oxygen atoms in total. The standard InChI is InChI=1S/C16H20N2O4/c1-10-3-5-12(6-4-10)9-18-13(7-8-14(18)19)15(20)17-11(2)16(21)22/h3-6,11,13H,7-9H2,1-2H3,(H,17,20)(H,21,22)/t11-,13?/m0/s1. The molecule has 1 aromatic rings. The number of likely N-dealkylation sites (tertiary alicyclic amines) is 1. The highest BCUT2D eigenvalue weighted by Gasteiger charge is 2.36. The van der Waals surface area contributed by atoms with E-state index in [1.807, 2.05) is 31.2 Å². The van der Waals surface area contributed by atoms with Gasteiger partial charge in [-0.15, -0.1) is 0 Å². The molecule has 0 spiro atoms. The predicted molar refractivity (Wildman–Crippen MR) is 80.0 cm³/mol. The van der Waals surface area contributed by atoms with Crippen molar-refractivity contribution in [3.8, 4) is 0 Å². The van der Waals surface area contributed by atoms with Gasteiger partial charge in [0.25, 0.3) is 0 Å². The van der Waals surface area contributed by atoms with Gasteiger partial charge in [0.2, 0.25) is 11.8 Å². The van der Waals surface area contributed by atoms with Crippen molar-refractivity contribution in [1.29, 1.82) is 0 Å². The molecule has 1 unspecified atom stereocenters. The topological polar surface area (TPSA) is 86.7 Å². The summed E-state index contributed by atoms with van der Waals surface area (Å²) in [5.41, 5.74) is 2.08. The first-order valence-corrected chi connectivity index (χ1v) is 7.26. The van der Waals surface area contributed by atoms with Gasteiger partial charge in [-0.25, -0.2) is 0 Å². The zero-order valence-corrected chi connectivity index (χ0v) is 12.7. The molecule has 2 N–H and O–H groups in total. The fraction of sp³-hybridized carbons (Fsp3) is 0.438. The van der Waals surface area contributed by atoms with E-state index < -0.39 is 24.0 Å². The van der Waals surface area contributed by atoms with Crippen molar-refractivity contribution in [2.75, 3.05) is 0 Å². The average molecular weight is 304 g/mol. The minimum Gasteiger partial charge on any atom is -0.480 e. The van der Waals surface area contributed by atoms with Crippen molar-refractivity contribution in [2.24, 2.45) is 0 Å². The quantitative estimate of drug-likeness (QED) is 0.852. The Morgan fingerprint density at radius 3 is 2.59 bits per heavy atom. The highest BCUT2D eigenvalue weighted by atomic mass is 16.4. The maximum absolute atomic E-state index is 12.2. The molecule has 2 rings (SSSR count). The van der Waals surface area contributed by atoms with Crippen molar-refractivity contribution < 1.29 is 19.5 Å². The zero-order valence-electron chi connectivity index (χ0n) is 12.7. The van der Waals surface area contributed by atoms with Crippen molar-refractivity contribution in [1.82, 2.24) is 10.2 Å². The van der Waals surface area contributed by atoms with Crippen LogP contribution in [0.15, 0.2) is 24.3 Å². The number of carbonyl (C=O) groups is 3. The number of nitrogens with zero attached hydrogens (tertiary/aromatic N) is 1. The van der Waals surface area contributed by atoms with Gasteiger partial charge in [-0.2, -0.15) is 0 Å². The zero-order chi connectivity index (χ0) is 16.3. The number of aliphatic carboxylic acids is 1. The smallest absolute Gasteiger partial charge is 0.325 e. The number of hydrogen-bond acceptors (Lipinski definition) is 3. The Balaban J connectivity index is 2.07. The largest absolute Gasteiger partial charge is 0.480 e. The maximum atomic E-state index is 12.2. The molecule has 2 atom stereocenters. The number of hydrogen-bond donors (Lipinski definition) is 2. The number of aryl methyl sites for hydroxylation is 1. The molecule has 1 aliphatic heterocycles. The fourth-order valence-corrected chi connectivity index (χ4v) is 2.47. The second-order valence-electron chi connectivity index (χ2n) is 5.63. The van der Waals surface area contributed by atoms with Crippen molar-refractivity contribution in [3.63, 3.8) is 0 Å². The summed E-state index contributed by atoms with van der Waals surface area (Å²) in [4.78, 5) is 36.5. The number of carboxylic acid groups (broad SMARTS) is 1. The highest BCUT2D eigenvalue weighted by molar-refractivity contribution is 5.92. The van der Waals surface area contributed by atoms with Gasteiger partial charge in [0, 0.05) is 13.0 Å². The molecule has 0 aromatic heterocycles. The first-order chi connectivity index (χ1) is 10.4. The number of nitrogens with one attached hydrogen (secondary N) is 1. The van der Waals surface area contributed by atoms with Crippen molar-refractivity contribution in [2.45, 2.75) is 45.3 Å². The number of benzene rings is 1. The van der Waals surface area contributed by atoms with E-state index in [0.717, 1.165) is 11.1 Å². The molecule has 0 aliphatic carbocycles. The lowest BCUT2D eigenvalue weighted by Gasteiger charge is -2.25. The molecule has 6 heteroatoms. The molecule has 0 bridgehead atoms. The van der Waals surface area contributed by atoms with Crippen LogP contribution in [0.1, 0.15) is 30.9 Å². The molecule has 1 heterocycles. The van der Waals surface area contributed by atoms with E-state index in [2.05, 4.69) is 5.32 Å². The summed E-state index contributed by atoms with van der Waals surface area (Å²) in [5, 5.41) is 11.3. The Kier molecular flexibility index (Phi) is 4.80. The molecule has 1 aliphatic rings. The van der Waals surface area contributed by atoms with Crippen LogP contribution >= 0.6 is 0 Å². The molecular weight excluding hydrogens is 284 g/mol. The van der Waals surface area contributed by atoms with Crippen LogP contribution in [0, 0.1) is 6.92 Å². The molecule has 1 fully saturated rings. The second kappa shape index (κ2) is 6.60. The van der Waals surface area contributed by atoms with E-state index in [0.29, 0.717) is 19.4 Å². The normalized spacial score (nSPS) is 19.1. The van der Waals surface area contributed by atoms with E-state index in [1.165, 1.54) is 11.8 Å². The van der Waals surface area contributed by atoms with Gasteiger partial charge in [0.15, 0.2) is 0 Å². The predicted octanol–water partition coefficient (Wildman–Crippen LogP) is 1.08. The maximum Gasteiger partial charge on any atom is 0.325 e. The molecule has 22 heavy (non-hydrogen) atoms. The summed E-state index contributed by atoms with van der Waals surface area (Å²) in [7, 11) is 0. The van der Waals surface area contributed by atoms with Crippen LogP contribution in [0.2, 0.25) is 0 Å². The number of carboxylic acids is 1. The summed E-state index contributed by atoms with van der Waals surface area (Å²) < 4.78 is 0. The van der Waals surface area contributed by atoms with E-state index in [4.69, 9.17) is 5.11 Å². The van der Waals surface area contributed by atoms with E-state index in [9.17, 15) is 14.4 Å². The van der Waals surface area contributed by atoms with Gasteiger partial charge in [0.1, 0.15) is 12.1 Å². The highest BCUT2D eigenvalue weighted by Crippen LogP contribution is 2.22. The first-order valence-electron chi connectivity index (χ1n) is 7.26. The average Bonchev–Trinajstić information content (AvgIpc) is 2.82. The Bertz CT molecular complexity index is 582.